The largest absolute Gasteiger partial charge is 0.338 e. The van der Waals surface area contributed by atoms with E-state index in [9.17, 15) is 8.42 Å². The maximum atomic E-state index is 12.7. The first-order valence-electron chi connectivity index (χ1n) is 7.28. The van der Waals surface area contributed by atoms with E-state index < -0.39 is 10.0 Å². The van der Waals surface area contributed by atoms with Crippen LogP contribution in [0.3, 0.4) is 0 Å². The molecule has 0 saturated heterocycles. The average Bonchev–Trinajstić information content (AvgIpc) is 3.05. The van der Waals surface area contributed by atoms with Crippen LogP contribution in [0, 0.1) is 0 Å². The molecule has 1 aromatic heterocycles. The minimum atomic E-state index is -3.89. The molecule has 0 atom stereocenters. The highest BCUT2D eigenvalue weighted by Gasteiger charge is 2.26. The summed E-state index contributed by atoms with van der Waals surface area (Å²) in [5, 5.41) is 4.65. The van der Waals surface area contributed by atoms with Crippen LogP contribution < -0.4 is 0 Å². The van der Waals surface area contributed by atoms with Crippen LogP contribution in [0.5, 0.6) is 0 Å². The normalized spacial score (nSPS) is 11.9. The Bertz CT molecular complexity index is 1050. The van der Waals surface area contributed by atoms with Gasteiger partial charge in [-0.05, 0) is 30.3 Å². The fourth-order valence-electron chi connectivity index (χ4n) is 2.19. The predicted octanol–water partition coefficient (Wildman–Crippen LogP) is 4.52. The van der Waals surface area contributed by atoms with E-state index in [0.717, 1.165) is 4.31 Å². The zero-order valence-electron chi connectivity index (χ0n) is 13.4. The van der Waals surface area contributed by atoms with Crippen molar-refractivity contribution in [1.82, 2.24) is 14.4 Å². The summed E-state index contributed by atoms with van der Waals surface area (Å²) in [5.74, 6) is 0.390. The lowest BCUT2D eigenvalue weighted by Crippen LogP contribution is -2.27. The molecule has 136 valence electrons. The minimum absolute atomic E-state index is 0.0727. The summed E-state index contributed by atoms with van der Waals surface area (Å²) in [6, 6.07) is 11.2. The van der Waals surface area contributed by atoms with E-state index in [0.29, 0.717) is 10.6 Å². The minimum Gasteiger partial charge on any atom is -0.338 e. The second kappa shape index (κ2) is 7.54. The maximum Gasteiger partial charge on any atom is 0.244 e. The number of hydrogen-bond acceptors (Lipinski definition) is 5. The molecule has 6 nitrogen and oxygen atoms in total. The van der Waals surface area contributed by atoms with Crippen molar-refractivity contribution >= 4 is 44.8 Å². The zero-order valence-corrected chi connectivity index (χ0v) is 16.4. The van der Waals surface area contributed by atoms with Crippen LogP contribution in [0.2, 0.25) is 15.1 Å². The van der Waals surface area contributed by atoms with Gasteiger partial charge in [0.2, 0.25) is 21.7 Å². The van der Waals surface area contributed by atoms with E-state index in [1.54, 1.807) is 24.3 Å². The summed E-state index contributed by atoms with van der Waals surface area (Å²) < 4.78 is 31.6. The lowest BCUT2D eigenvalue weighted by molar-refractivity contribution is 0.337. The van der Waals surface area contributed by atoms with Gasteiger partial charge in [0.05, 0.1) is 16.6 Å². The topological polar surface area (TPSA) is 76.3 Å². The average molecular weight is 433 g/mol. The summed E-state index contributed by atoms with van der Waals surface area (Å²) in [5.41, 5.74) is 0.590. The zero-order chi connectivity index (χ0) is 18.9. The highest BCUT2D eigenvalue weighted by Crippen LogP contribution is 2.28. The third kappa shape index (κ3) is 3.87. The Kier molecular flexibility index (Phi) is 5.55. The summed E-state index contributed by atoms with van der Waals surface area (Å²) in [7, 11) is -2.51. The quantitative estimate of drug-likeness (QED) is 0.592. The van der Waals surface area contributed by atoms with Crippen molar-refractivity contribution in [3.63, 3.8) is 0 Å². The number of halogens is 3. The molecule has 0 radical (unpaired) electrons. The SMILES string of the molecule is CN(Cc1nc(-c2ccccc2Cl)no1)S(=O)(=O)c1cc(Cl)ccc1Cl. The molecule has 3 rings (SSSR count). The molecule has 0 saturated carbocycles. The van der Waals surface area contributed by atoms with Gasteiger partial charge in [-0.25, -0.2) is 8.42 Å². The summed E-state index contributed by atoms with van der Waals surface area (Å²) >= 11 is 18.0. The van der Waals surface area contributed by atoms with E-state index >= 15 is 0 Å². The van der Waals surface area contributed by atoms with Crippen molar-refractivity contribution in [2.45, 2.75) is 11.4 Å². The van der Waals surface area contributed by atoms with Gasteiger partial charge < -0.3 is 4.52 Å². The van der Waals surface area contributed by atoms with E-state index in [4.69, 9.17) is 39.3 Å². The first-order chi connectivity index (χ1) is 12.3. The van der Waals surface area contributed by atoms with Crippen molar-refractivity contribution in [2.75, 3.05) is 7.05 Å². The lowest BCUT2D eigenvalue weighted by Gasteiger charge is -2.16. The third-order valence-corrected chi connectivity index (χ3v) is 6.37. The van der Waals surface area contributed by atoms with E-state index in [-0.39, 0.29) is 33.2 Å². The first-order valence-corrected chi connectivity index (χ1v) is 9.85. The van der Waals surface area contributed by atoms with Gasteiger partial charge in [0.1, 0.15) is 4.90 Å². The van der Waals surface area contributed by atoms with Gasteiger partial charge in [0.15, 0.2) is 0 Å². The molecule has 0 bridgehead atoms. The Morgan fingerprint density at radius 3 is 2.54 bits per heavy atom. The van der Waals surface area contributed by atoms with Gasteiger partial charge in [0.25, 0.3) is 0 Å². The van der Waals surface area contributed by atoms with Crippen molar-refractivity contribution in [1.29, 1.82) is 0 Å². The molecule has 0 aliphatic rings. The van der Waals surface area contributed by atoms with Crippen LogP contribution in [0.25, 0.3) is 11.4 Å². The van der Waals surface area contributed by atoms with Crippen LogP contribution in [-0.2, 0) is 16.6 Å². The standard InChI is InChI=1S/C16H12Cl3N3O3S/c1-22(26(23,24)14-8-10(17)6-7-13(14)19)9-15-20-16(21-25-15)11-4-2-3-5-12(11)18/h2-8H,9H2,1H3. The van der Waals surface area contributed by atoms with Gasteiger partial charge in [-0.3, -0.25) is 0 Å². The van der Waals surface area contributed by atoms with Gasteiger partial charge in [-0.1, -0.05) is 52.1 Å². The van der Waals surface area contributed by atoms with Crippen LogP contribution in [0.15, 0.2) is 51.9 Å². The molecule has 0 amide bonds. The number of nitrogens with zero attached hydrogens (tertiary/aromatic N) is 3. The third-order valence-electron chi connectivity index (χ3n) is 3.52. The molecule has 26 heavy (non-hydrogen) atoms. The van der Waals surface area contributed by atoms with E-state index in [1.807, 2.05) is 0 Å². The molecule has 0 aliphatic heterocycles. The van der Waals surface area contributed by atoms with Crippen molar-refractivity contribution in [2.24, 2.45) is 0 Å². The Labute approximate surface area is 165 Å². The van der Waals surface area contributed by atoms with Gasteiger partial charge in [-0.15, -0.1) is 0 Å². The fraction of sp³-hybridized carbons (Fsp3) is 0.125. The molecule has 0 spiro atoms. The van der Waals surface area contributed by atoms with Crippen molar-refractivity contribution in [3.8, 4) is 11.4 Å². The monoisotopic (exact) mass is 431 g/mol. The number of aromatic nitrogens is 2. The van der Waals surface area contributed by atoms with Crippen LogP contribution in [0.4, 0.5) is 0 Å². The molecular formula is C16H12Cl3N3O3S. The van der Waals surface area contributed by atoms with Crippen LogP contribution >= 0.6 is 34.8 Å². The van der Waals surface area contributed by atoms with Gasteiger partial charge in [0, 0.05) is 17.6 Å². The second-order valence-electron chi connectivity index (χ2n) is 5.33. The molecule has 0 N–H and O–H groups in total. The summed E-state index contributed by atoms with van der Waals surface area (Å²) in [6.07, 6.45) is 0. The fourth-order valence-corrected chi connectivity index (χ4v) is 4.26. The van der Waals surface area contributed by atoms with Crippen LogP contribution in [0.1, 0.15) is 5.89 Å². The summed E-state index contributed by atoms with van der Waals surface area (Å²) in [4.78, 5) is 4.10. The van der Waals surface area contributed by atoms with Crippen molar-refractivity contribution in [3.05, 3.63) is 63.4 Å². The Morgan fingerprint density at radius 1 is 1.08 bits per heavy atom. The van der Waals surface area contributed by atoms with Gasteiger partial charge in [-0.2, -0.15) is 9.29 Å². The molecule has 1 heterocycles. The van der Waals surface area contributed by atoms with E-state index in [1.165, 1.54) is 25.2 Å². The summed E-state index contributed by atoms with van der Waals surface area (Å²) in [6.45, 7) is -0.136. The van der Waals surface area contributed by atoms with Crippen LogP contribution in [-0.4, -0.2) is 29.9 Å². The van der Waals surface area contributed by atoms with Crippen molar-refractivity contribution < 1.29 is 12.9 Å². The molecule has 0 aliphatic carbocycles. The predicted molar refractivity (Wildman–Crippen MR) is 99.9 cm³/mol. The highest BCUT2D eigenvalue weighted by molar-refractivity contribution is 7.89. The number of benzene rings is 2. The Morgan fingerprint density at radius 2 is 1.81 bits per heavy atom. The number of sulfonamides is 1. The smallest absolute Gasteiger partial charge is 0.244 e. The molecular weight excluding hydrogens is 421 g/mol. The molecule has 0 fully saturated rings. The highest BCUT2D eigenvalue weighted by atomic mass is 35.5. The Hall–Kier alpha value is -1.64. The maximum absolute atomic E-state index is 12.7. The van der Waals surface area contributed by atoms with E-state index in [2.05, 4.69) is 10.1 Å². The number of hydrogen-bond donors (Lipinski definition) is 0. The molecule has 0 unspecified atom stereocenters. The lowest BCUT2D eigenvalue weighted by atomic mass is 10.2. The number of rotatable bonds is 5. The molecule has 3 aromatic rings. The first kappa shape index (κ1) is 19.1. The Balaban J connectivity index is 1.85. The van der Waals surface area contributed by atoms with Gasteiger partial charge >= 0.3 is 0 Å². The second-order valence-corrected chi connectivity index (χ2v) is 8.59. The molecule has 10 heteroatoms. The molecule has 2 aromatic carbocycles.